The standard InChI is InChI=1S/C34H51N3O5/c1-9-10-11-12-13-14-20-37(32(40)28(22-38)35-33(41)42-34(6,7)8)30(27-19-18-23(2)26(5)21-27)31(39)36-29-24(3)16-15-17-25(29)4/h15-19,21,28,30,38H,9-14,20,22H2,1-8H3,(H,35,41)(H,36,39). The van der Waals surface area contributed by atoms with Crippen LogP contribution in [0, 0.1) is 27.7 Å². The minimum absolute atomic E-state index is 0.287. The van der Waals surface area contributed by atoms with Crippen LogP contribution in [0.4, 0.5) is 10.5 Å². The zero-order valence-electron chi connectivity index (χ0n) is 26.8. The number of rotatable bonds is 14. The number of carbonyl (C=O) groups is 3. The van der Waals surface area contributed by atoms with Gasteiger partial charge in [-0.15, -0.1) is 0 Å². The van der Waals surface area contributed by atoms with E-state index in [-0.39, 0.29) is 12.5 Å². The average Bonchev–Trinajstić information content (AvgIpc) is 2.91. The summed E-state index contributed by atoms with van der Waals surface area (Å²) in [7, 11) is 0. The summed E-state index contributed by atoms with van der Waals surface area (Å²) in [6, 6.07) is 9.28. The average molecular weight is 582 g/mol. The molecule has 8 nitrogen and oxygen atoms in total. The number of nitrogens with one attached hydrogen (secondary N) is 2. The number of para-hydroxylation sites is 1. The molecule has 0 aliphatic rings. The van der Waals surface area contributed by atoms with Crippen molar-refractivity contribution < 1.29 is 24.2 Å². The predicted octanol–water partition coefficient (Wildman–Crippen LogP) is 6.67. The summed E-state index contributed by atoms with van der Waals surface area (Å²) in [6.45, 7) is 14.8. The highest BCUT2D eigenvalue weighted by atomic mass is 16.6. The Balaban J connectivity index is 2.53. The van der Waals surface area contributed by atoms with Crippen molar-refractivity contribution >= 4 is 23.6 Å². The van der Waals surface area contributed by atoms with Gasteiger partial charge in [-0.25, -0.2) is 4.79 Å². The van der Waals surface area contributed by atoms with E-state index >= 15 is 0 Å². The van der Waals surface area contributed by atoms with Crippen LogP contribution in [0.3, 0.4) is 0 Å². The van der Waals surface area contributed by atoms with Gasteiger partial charge >= 0.3 is 6.09 Å². The normalized spacial score (nSPS) is 12.8. The third-order valence-electron chi connectivity index (χ3n) is 7.34. The number of aliphatic hydroxyl groups excluding tert-OH is 1. The van der Waals surface area contributed by atoms with Gasteiger partial charge in [0.2, 0.25) is 5.91 Å². The van der Waals surface area contributed by atoms with E-state index in [9.17, 15) is 19.5 Å². The van der Waals surface area contributed by atoms with E-state index < -0.39 is 36.3 Å². The molecule has 0 heterocycles. The maximum Gasteiger partial charge on any atom is 0.408 e. The minimum atomic E-state index is -1.28. The topological polar surface area (TPSA) is 108 Å². The lowest BCUT2D eigenvalue weighted by Gasteiger charge is -2.34. The van der Waals surface area contributed by atoms with E-state index in [0.29, 0.717) is 17.7 Å². The Kier molecular flexibility index (Phi) is 13.5. The number of carbonyl (C=O) groups excluding carboxylic acids is 3. The molecule has 0 spiro atoms. The first-order valence-corrected chi connectivity index (χ1v) is 15.1. The molecule has 0 aliphatic carbocycles. The van der Waals surface area contributed by atoms with Crippen molar-refractivity contribution in [2.75, 3.05) is 18.5 Å². The summed E-state index contributed by atoms with van der Waals surface area (Å²) in [6.07, 6.45) is 5.18. The number of ether oxygens (including phenoxy) is 1. The molecule has 2 atom stereocenters. The van der Waals surface area contributed by atoms with Crippen LogP contribution in [0.5, 0.6) is 0 Å². The molecule has 42 heavy (non-hydrogen) atoms. The number of aliphatic hydroxyl groups is 1. The van der Waals surface area contributed by atoms with Gasteiger partial charge in [0.25, 0.3) is 5.91 Å². The van der Waals surface area contributed by atoms with E-state index in [0.717, 1.165) is 54.4 Å². The second kappa shape index (κ2) is 16.3. The summed E-state index contributed by atoms with van der Waals surface area (Å²) >= 11 is 0. The molecule has 0 aliphatic heterocycles. The molecule has 0 saturated heterocycles. The Hall–Kier alpha value is -3.39. The fourth-order valence-corrected chi connectivity index (χ4v) is 4.88. The molecule has 8 heteroatoms. The molecule has 3 N–H and O–H groups in total. The zero-order valence-corrected chi connectivity index (χ0v) is 26.8. The third kappa shape index (κ3) is 10.5. The van der Waals surface area contributed by atoms with Crippen LogP contribution in [0.25, 0.3) is 0 Å². The van der Waals surface area contributed by atoms with Gasteiger partial charge in [-0.3, -0.25) is 9.59 Å². The second-order valence-electron chi connectivity index (χ2n) is 12.2. The number of nitrogens with zero attached hydrogens (tertiary/aromatic N) is 1. The number of hydrogen-bond acceptors (Lipinski definition) is 5. The fourth-order valence-electron chi connectivity index (χ4n) is 4.88. The van der Waals surface area contributed by atoms with Crippen LogP contribution in [0.2, 0.25) is 0 Å². The van der Waals surface area contributed by atoms with Gasteiger partial charge < -0.3 is 25.4 Å². The van der Waals surface area contributed by atoms with E-state index in [4.69, 9.17) is 4.74 Å². The lowest BCUT2D eigenvalue weighted by Crippen LogP contribution is -2.54. The monoisotopic (exact) mass is 581 g/mol. The first kappa shape index (κ1) is 34.8. The summed E-state index contributed by atoms with van der Waals surface area (Å²) < 4.78 is 5.35. The number of unbranched alkanes of at least 4 members (excludes halogenated alkanes) is 5. The predicted molar refractivity (Wildman–Crippen MR) is 169 cm³/mol. The SMILES string of the molecule is CCCCCCCCN(C(=O)C(CO)NC(=O)OC(C)(C)C)C(C(=O)Nc1c(C)cccc1C)c1ccc(C)c(C)c1. The van der Waals surface area contributed by atoms with Crippen LogP contribution in [-0.2, 0) is 14.3 Å². The number of amides is 3. The number of alkyl carbamates (subject to hydrolysis) is 1. The Labute approximate surface area is 252 Å². The summed E-state index contributed by atoms with van der Waals surface area (Å²) in [5.41, 5.74) is 4.48. The van der Waals surface area contributed by atoms with Crippen molar-refractivity contribution in [1.29, 1.82) is 0 Å². The van der Waals surface area contributed by atoms with E-state index in [1.807, 2.05) is 64.1 Å². The van der Waals surface area contributed by atoms with E-state index in [1.54, 1.807) is 20.8 Å². The molecule has 0 aromatic heterocycles. The summed E-state index contributed by atoms with van der Waals surface area (Å²) in [5.74, 6) is -0.902. The van der Waals surface area contributed by atoms with Gasteiger partial charge in [0.05, 0.1) is 6.61 Å². The van der Waals surface area contributed by atoms with Crippen LogP contribution in [-0.4, -0.2) is 52.7 Å². The molecule has 0 saturated carbocycles. The number of hydrogen-bond donors (Lipinski definition) is 3. The third-order valence-corrected chi connectivity index (χ3v) is 7.34. The van der Waals surface area contributed by atoms with Crippen LogP contribution >= 0.6 is 0 Å². The molecule has 2 aromatic carbocycles. The first-order valence-electron chi connectivity index (χ1n) is 15.1. The molecular weight excluding hydrogens is 530 g/mol. The van der Waals surface area contributed by atoms with Gasteiger partial charge in [0, 0.05) is 12.2 Å². The highest BCUT2D eigenvalue weighted by Crippen LogP contribution is 2.29. The Bertz CT molecular complexity index is 1180. The fraction of sp³-hybridized carbons (Fsp3) is 0.559. The highest BCUT2D eigenvalue weighted by Gasteiger charge is 2.36. The Morgan fingerprint density at radius 1 is 0.881 bits per heavy atom. The van der Waals surface area contributed by atoms with Gasteiger partial charge in [-0.1, -0.05) is 75.4 Å². The first-order chi connectivity index (χ1) is 19.8. The molecule has 2 unspecified atom stereocenters. The summed E-state index contributed by atoms with van der Waals surface area (Å²) in [5, 5.41) is 15.8. The molecule has 0 radical (unpaired) electrons. The zero-order chi connectivity index (χ0) is 31.4. The largest absolute Gasteiger partial charge is 0.444 e. The molecule has 2 aromatic rings. The highest BCUT2D eigenvalue weighted by molar-refractivity contribution is 6.00. The van der Waals surface area contributed by atoms with E-state index in [2.05, 4.69) is 17.6 Å². The molecule has 0 bridgehead atoms. The van der Waals surface area contributed by atoms with Crippen molar-refractivity contribution in [3.63, 3.8) is 0 Å². The second-order valence-corrected chi connectivity index (χ2v) is 12.2. The lowest BCUT2D eigenvalue weighted by molar-refractivity contribution is -0.141. The maximum atomic E-state index is 14.2. The van der Waals surface area contributed by atoms with Gasteiger partial charge in [-0.05, 0) is 82.7 Å². The number of aryl methyl sites for hydroxylation is 4. The van der Waals surface area contributed by atoms with Crippen LogP contribution in [0.15, 0.2) is 36.4 Å². The van der Waals surface area contributed by atoms with Gasteiger partial charge in [0.1, 0.15) is 17.7 Å². The van der Waals surface area contributed by atoms with E-state index in [1.165, 1.54) is 4.90 Å². The van der Waals surface area contributed by atoms with Crippen molar-refractivity contribution in [2.45, 2.75) is 112 Å². The van der Waals surface area contributed by atoms with Crippen molar-refractivity contribution in [3.8, 4) is 0 Å². The quantitative estimate of drug-likeness (QED) is 0.216. The minimum Gasteiger partial charge on any atom is -0.444 e. The molecule has 232 valence electrons. The Morgan fingerprint density at radius 3 is 2.07 bits per heavy atom. The number of benzene rings is 2. The number of anilines is 1. The van der Waals surface area contributed by atoms with Crippen molar-refractivity contribution in [2.24, 2.45) is 0 Å². The summed E-state index contributed by atoms with van der Waals surface area (Å²) in [4.78, 5) is 42.4. The van der Waals surface area contributed by atoms with Gasteiger partial charge in [-0.2, -0.15) is 0 Å². The van der Waals surface area contributed by atoms with Crippen LogP contribution in [0.1, 0.15) is 100 Å². The van der Waals surface area contributed by atoms with Crippen molar-refractivity contribution in [3.05, 3.63) is 64.2 Å². The van der Waals surface area contributed by atoms with Gasteiger partial charge in [0.15, 0.2) is 0 Å². The molecule has 0 fully saturated rings. The molecule has 3 amide bonds. The Morgan fingerprint density at radius 2 is 1.50 bits per heavy atom. The van der Waals surface area contributed by atoms with Crippen molar-refractivity contribution in [1.82, 2.24) is 10.2 Å². The molecular formula is C34H51N3O5. The van der Waals surface area contributed by atoms with Crippen LogP contribution < -0.4 is 10.6 Å². The lowest BCUT2D eigenvalue weighted by atomic mass is 9.97. The maximum absolute atomic E-state index is 14.2. The molecule has 2 rings (SSSR count). The smallest absolute Gasteiger partial charge is 0.408 e.